The molecule has 1 aromatic carbocycles. The molecule has 0 radical (unpaired) electrons. The third-order valence-electron chi connectivity index (χ3n) is 2.42. The van der Waals surface area contributed by atoms with Crippen molar-refractivity contribution in [1.82, 2.24) is 5.32 Å². The number of hydrogen-bond acceptors (Lipinski definition) is 6. The van der Waals surface area contributed by atoms with Gasteiger partial charge < -0.3 is 14.8 Å². The Morgan fingerprint density at radius 2 is 1.90 bits per heavy atom. The van der Waals surface area contributed by atoms with E-state index in [1.807, 2.05) is 26.8 Å². The van der Waals surface area contributed by atoms with Gasteiger partial charge in [0.2, 0.25) is 0 Å². The molecule has 0 bridgehead atoms. The number of benzene rings is 1. The molecule has 1 N–H and O–H groups in total. The maximum absolute atomic E-state index is 11.6. The Balaban J connectivity index is 2.58. The largest absolute Gasteiger partial charge is 0.465 e. The number of carbonyl (C=O) groups is 2. The third kappa shape index (κ3) is 6.64. The highest BCUT2D eigenvalue weighted by Crippen LogP contribution is 2.14. The molecule has 0 aliphatic rings. The molecule has 0 saturated heterocycles. The van der Waals surface area contributed by atoms with Crippen molar-refractivity contribution in [3.63, 3.8) is 0 Å². The maximum Gasteiger partial charge on any atom is 0.337 e. The lowest BCUT2D eigenvalue weighted by Crippen LogP contribution is -2.31. The average molecular weight is 311 g/mol. The first-order valence-electron chi connectivity index (χ1n) is 6.55. The van der Waals surface area contributed by atoms with Crippen LogP contribution in [0.1, 0.15) is 36.7 Å². The van der Waals surface area contributed by atoms with E-state index in [2.05, 4.69) is 22.7 Å². The molecule has 0 atom stereocenters. The van der Waals surface area contributed by atoms with Gasteiger partial charge in [-0.05, 0) is 44.5 Å². The van der Waals surface area contributed by atoms with E-state index in [0.717, 1.165) is 5.56 Å². The van der Waals surface area contributed by atoms with Crippen molar-refractivity contribution in [2.75, 3.05) is 13.7 Å². The fourth-order valence-electron chi connectivity index (χ4n) is 1.70. The number of carbonyl (C=O) groups excluding carboxylic acids is 2. The zero-order valence-corrected chi connectivity index (χ0v) is 13.6. The van der Waals surface area contributed by atoms with E-state index in [0.29, 0.717) is 17.0 Å². The predicted octanol–water partition coefficient (Wildman–Crippen LogP) is 2.19. The molecule has 0 aromatic heterocycles. The predicted molar refractivity (Wildman–Crippen MR) is 82.6 cm³/mol. The number of thiol groups is 1. The highest BCUT2D eigenvalue weighted by atomic mass is 32.1. The number of ether oxygens (including phenoxy) is 2. The Hall–Kier alpha value is -1.53. The van der Waals surface area contributed by atoms with Crippen molar-refractivity contribution in [3.8, 4) is 0 Å². The van der Waals surface area contributed by atoms with E-state index in [4.69, 9.17) is 4.74 Å². The second kappa shape index (κ2) is 7.47. The van der Waals surface area contributed by atoms with Crippen LogP contribution in [0.15, 0.2) is 23.1 Å². The Morgan fingerprint density at radius 3 is 2.48 bits per heavy atom. The minimum atomic E-state index is -0.498. The lowest BCUT2D eigenvalue weighted by molar-refractivity contribution is -0.153. The molecule has 1 rings (SSSR count). The topological polar surface area (TPSA) is 64.6 Å². The van der Waals surface area contributed by atoms with Crippen LogP contribution in [0.3, 0.4) is 0 Å². The summed E-state index contributed by atoms with van der Waals surface area (Å²) < 4.78 is 9.86. The molecule has 0 heterocycles. The van der Waals surface area contributed by atoms with Crippen LogP contribution >= 0.6 is 12.6 Å². The van der Waals surface area contributed by atoms with Crippen molar-refractivity contribution in [1.29, 1.82) is 0 Å². The van der Waals surface area contributed by atoms with Crippen molar-refractivity contribution in [3.05, 3.63) is 29.3 Å². The van der Waals surface area contributed by atoms with E-state index in [-0.39, 0.29) is 12.5 Å². The summed E-state index contributed by atoms with van der Waals surface area (Å²) in [5.74, 6) is -0.739. The van der Waals surface area contributed by atoms with Gasteiger partial charge in [0.25, 0.3) is 0 Å². The Morgan fingerprint density at radius 1 is 1.24 bits per heavy atom. The number of hydrogen-bond donors (Lipinski definition) is 2. The molecule has 0 aliphatic carbocycles. The molecule has 0 fully saturated rings. The van der Waals surface area contributed by atoms with Gasteiger partial charge in [0.15, 0.2) is 0 Å². The molecule has 0 unspecified atom stereocenters. The van der Waals surface area contributed by atoms with E-state index in [1.54, 1.807) is 12.1 Å². The summed E-state index contributed by atoms with van der Waals surface area (Å²) in [5, 5.41) is 2.97. The van der Waals surface area contributed by atoms with Gasteiger partial charge in [-0.1, -0.05) is 0 Å². The van der Waals surface area contributed by atoms with Crippen molar-refractivity contribution >= 4 is 24.6 Å². The first-order valence-corrected chi connectivity index (χ1v) is 7.00. The van der Waals surface area contributed by atoms with E-state index >= 15 is 0 Å². The minimum absolute atomic E-state index is 0.0988. The van der Waals surface area contributed by atoms with Crippen LogP contribution < -0.4 is 5.32 Å². The molecule has 1 aromatic rings. The van der Waals surface area contributed by atoms with Gasteiger partial charge in [-0.15, -0.1) is 12.6 Å². The van der Waals surface area contributed by atoms with Gasteiger partial charge in [-0.25, -0.2) is 4.79 Å². The molecular formula is C15H21NO4S. The second-order valence-corrected chi connectivity index (χ2v) is 6.09. The number of methoxy groups -OCH3 is 1. The van der Waals surface area contributed by atoms with Crippen molar-refractivity contribution in [2.24, 2.45) is 0 Å². The van der Waals surface area contributed by atoms with Crippen LogP contribution in [0.2, 0.25) is 0 Å². The zero-order valence-electron chi connectivity index (χ0n) is 12.7. The summed E-state index contributed by atoms with van der Waals surface area (Å²) in [6.07, 6.45) is 0. The monoisotopic (exact) mass is 311 g/mol. The van der Waals surface area contributed by atoms with Crippen LogP contribution in [0, 0.1) is 0 Å². The smallest absolute Gasteiger partial charge is 0.337 e. The van der Waals surface area contributed by atoms with Crippen LogP contribution in [0.4, 0.5) is 0 Å². The molecule has 21 heavy (non-hydrogen) atoms. The third-order valence-corrected chi connectivity index (χ3v) is 2.68. The first-order chi connectivity index (χ1) is 9.71. The minimum Gasteiger partial charge on any atom is -0.465 e. The van der Waals surface area contributed by atoms with Crippen LogP contribution in [-0.2, 0) is 20.8 Å². The second-order valence-electron chi connectivity index (χ2n) is 5.57. The maximum atomic E-state index is 11.6. The number of esters is 2. The van der Waals surface area contributed by atoms with Gasteiger partial charge in [0.05, 0.1) is 19.2 Å². The summed E-state index contributed by atoms with van der Waals surface area (Å²) >= 11 is 4.25. The highest BCUT2D eigenvalue weighted by molar-refractivity contribution is 7.80. The van der Waals surface area contributed by atoms with E-state index in [9.17, 15) is 9.59 Å². The molecule has 0 spiro atoms. The fourth-order valence-corrected chi connectivity index (χ4v) is 2.00. The molecule has 116 valence electrons. The van der Waals surface area contributed by atoms with Gasteiger partial charge in [0.1, 0.15) is 5.60 Å². The van der Waals surface area contributed by atoms with Gasteiger partial charge in [0, 0.05) is 11.4 Å². The van der Waals surface area contributed by atoms with Gasteiger partial charge in [-0.3, -0.25) is 4.79 Å². The molecule has 0 saturated carbocycles. The van der Waals surface area contributed by atoms with Crippen molar-refractivity contribution < 1.29 is 19.1 Å². The first kappa shape index (κ1) is 17.5. The zero-order chi connectivity index (χ0) is 16.0. The highest BCUT2D eigenvalue weighted by Gasteiger charge is 2.15. The number of nitrogens with one attached hydrogen (secondary N) is 1. The lowest BCUT2D eigenvalue weighted by atomic mass is 10.1. The standard InChI is InChI=1S/C15H21NO4S/c1-15(2,3)20-13(17)9-16-8-10-5-11(14(18)19-4)7-12(21)6-10/h5-7,16,21H,8-9H2,1-4H3. The molecule has 6 heteroatoms. The van der Waals surface area contributed by atoms with Crippen LogP contribution in [0.25, 0.3) is 0 Å². The normalized spacial score (nSPS) is 11.1. The van der Waals surface area contributed by atoms with Gasteiger partial charge >= 0.3 is 11.9 Å². The quantitative estimate of drug-likeness (QED) is 0.645. The Bertz CT molecular complexity index is 523. The lowest BCUT2D eigenvalue weighted by Gasteiger charge is -2.19. The Kier molecular flexibility index (Phi) is 6.23. The molecular weight excluding hydrogens is 290 g/mol. The Labute approximate surface area is 130 Å². The fraction of sp³-hybridized carbons (Fsp3) is 0.467. The number of rotatable bonds is 5. The average Bonchev–Trinajstić information content (AvgIpc) is 2.35. The van der Waals surface area contributed by atoms with Crippen LogP contribution in [0.5, 0.6) is 0 Å². The van der Waals surface area contributed by atoms with Crippen molar-refractivity contribution in [2.45, 2.75) is 37.8 Å². The summed E-state index contributed by atoms with van der Waals surface area (Å²) in [7, 11) is 1.33. The SMILES string of the molecule is COC(=O)c1cc(S)cc(CNCC(=O)OC(C)(C)C)c1. The summed E-state index contributed by atoms with van der Waals surface area (Å²) in [6, 6.07) is 5.15. The van der Waals surface area contributed by atoms with E-state index in [1.165, 1.54) is 7.11 Å². The summed E-state index contributed by atoms with van der Waals surface area (Å²) in [6.45, 7) is 5.98. The molecule has 0 aliphatic heterocycles. The molecule has 0 amide bonds. The van der Waals surface area contributed by atoms with E-state index < -0.39 is 11.6 Å². The van der Waals surface area contributed by atoms with Gasteiger partial charge in [-0.2, -0.15) is 0 Å². The molecule has 5 nitrogen and oxygen atoms in total. The van der Waals surface area contributed by atoms with Crippen LogP contribution in [-0.4, -0.2) is 31.2 Å². The summed E-state index contributed by atoms with van der Waals surface area (Å²) in [5.41, 5.74) is 0.771. The summed E-state index contributed by atoms with van der Waals surface area (Å²) in [4.78, 5) is 23.7.